The zero-order valence-corrected chi connectivity index (χ0v) is 17.8. The predicted octanol–water partition coefficient (Wildman–Crippen LogP) is 5.93. The van der Waals surface area contributed by atoms with Gasteiger partial charge in [0.2, 0.25) is 0 Å². The van der Waals surface area contributed by atoms with Crippen molar-refractivity contribution in [3.63, 3.8) is 0 Å². The second kappa shape index (κ2) is 9.60. The first kappa shape index (κ1) is 22.3. The number of esters is 1. The molecule has 1 heterocycles. The van der Waals surface area contributed by atoms with Crippen LogP contribution in [0.2, 0.25) is 0 Å². The van der Waals surface area contributed by atoms with Crippen LogP contribution in [-0.2, 0) is 16.0 Å². The van der Waals surface area contributed by atoms with Crippen molar-refractivity contribution in [2.45, 2.75) is 51.6 Å². The lowest BCUT2D eigenvalue weighted by Crippen LogP contribution is -2.41. The van der Waals surface area contributed by atoms with Crippen LogP contribution in [-0.4, -0.2) is 21.6 Å². The minimum Gasteiger partial charge on any atom is -0.511 e. The molecular formula is C25H27NO5. The van der Waals surface area contributed by atoms with Crippen molar-refractivity contribution in [3.8, 4) is 0 Å². The summed E-state index contributed by atoms with van der Waals surface area (Å²) < 4.78 is 5.97. The Morgan fingerprint density at radius 1 is 1.19 bits per heavy atom. The van der Waals surface area contributed by atoms with Crippen LogP contribution < -0.4 is 0 Å². The minimum absolute atomic E-state index is 0.0302. The Bertz CT molecular complexity index is 1030. The van der Waals surface area contributed by atoms with E-state index < -0.39 is 16.5 Å². The molecule has 0 unspecified atom stereocenters. The Labute approximate surface area is 182 Å². The zero-order valence-electron chi connectivity index (χ0n) is 17.8. The van der Waals surface area contributed by atoms with Crippen LogP contribution in [0.5, 0.6) is 0 Å². The lowest BCUT2D eigenvalue weighted by Gasteiger charge is -2.37. The fraction of sp³-hybridized carbons (Fsp3) is 0.320. The van der Waals surface area contributed by atoms with E-state index in [9.17, 15) is 20.0 Å². The molecular weight excluding hydrogens is 394 g/mol. The second-order valence-corrected chi connectivity index (χ2v) is 7.82. The van der Waals surface area contributed by atoms with Crippen molar-refractivity contribution in [3.05, 3.63) is 93.2 Å². The van der Waals surface area contributed by atoms with Crippen LogP contribution in [0, 0.1) is 10.1 Å². The minimum atomic E-state index is -0.767. The SMILES string of the molecule is C/C=C(/C1=C(O)C[C@@](CCC)(CCc2ccccc2)OC1=O)c1cccc([N+](=O)[O-])c1. The highest BCUT2D eigenvalue weighted by Crippen LogP contribution is 2.40. The number of allylic oxidation sites excluding steroid dienone is 1. The number of non-ortho nitro benzene ring substituents is 1. The smallest absolute Gasteiger partial charge is 0.342 e. The molecule has 1 aliphatic heterocycles. The van der Waals surface area contributed by atoms with E-state index in [2.05, 4.69) is 0 Å². The number of carbonyl (C=O) groups is 1. The average molecular weight is 421 g/mol. The third-order valence-corrected chi connectivity index (χ3v) is 5.64. The van der Waals surface area contributed by atoms with Crippen molar-refractivity contribution in [1.29, 1.82) is 0 Å². The van der Waals surface area contributed by atoms with Crippen molar-refractivity contribution in [1.82, 2.24) is 0 Å². The van der Waals surface area contributed by atoms with Gasteiger partial charge in [0.05, 0.1) is 4.92 Å². The zero-order chi connectivity index (χ0) is 22.4. The van der Waals surface area contributed by atoms with E-state index in [-0.39, 0.29) is 23.4 Å². The Morgan fingerprint density at radius 2 is 1.94 bits per heavy atom. The van der Waals surface area contributed by atoms with Gasteiger partial charge in [-0.15, -0.1) is 0 Å². The summed E-state index contributed by atoms with van der Waals surface area (Å²) in [7, 11) is 0. The van der Waals surface area contributed by atoms with Gasteiger partial charge in [-0.25, -0.2) is 4.79 Å². The monoisotopic (exact) mass is 421 g/mol. The Morgan fingerprint density at radius 3 is 2.55 bits per heavy atom. The highest BCUT2D eigenvalue weighted by Gasteiger charge is 2.42. The van der Waals surface area contributed by atoms with Gasteiger partial charge in [-0.1, -0.05) is 61.9 Å². The summed E-state index contributed by atoms with van der Waals surface area (Å²) in [5.74, 6) is -0.623. The molecule has 0 amide bonds. The van der Waals surface area contributed by atoms with Crippen molar-refractivity contribution in [2.24, 2.45) is 0 Å². The number of cyclic esters (lactones) is 1. The van der Waals surface area contributed by atoms with Gasteiger partial charge in [0, 0.05) is 18.6 Å². The number of hydrogen-bond acceptors (Lipinski definition) is 5. The standard InChI is InChI=1S/C25H27NO5/c1-3-14-25(15-13-18-9-6-5-7-10-18)17-22(27)23(24(28)31-25)21(4-2)19-11-8-12-20(16-19)26(29)30/h4-12,16,27H,3,13-15,17H2,1-2H3/b21-4+/t25-/m1/s1. The molecule has 6 nitrogen and oxygen atoms in total. The average Bonchev–Trinajstić information content (AvgIpc) is 2.76. The molecule has 0 saturated heterocycles. The number of nitro benzene ring substituents is 1. The molecule has 1 atom stereocenters. The quantitative estimate of drug-likeness (QED) is 0.324. The van der Waals surface area contributed by atoms with Gasteiger partial charge in [-0.05, 0) is 42.9 Å². The summed E-state index contributed by atoms with van der Waals surface area (Å²) >= 11 is 0. The Hall–Kier alpha value is -3.41. The van der Waals surface area contributed by atoms with E-state index in [1.165, 1.54) is 12.1 Å². The molecule has 1 aliphatic rings. The van der Waals surface area contributed by atoms with E-state index >= 15 is 0 Å². The molecule has 0 spiro atoms. The number of carbonyl (C=O) groups excluding carboxylic acids is 1. The van der Waals surface area contributed by atoms with Gasteiger partial charge in [-0.2, -0.15) is 0 Å². The maximum Gasteiger partial charge on any atom is 0.342 e. The second-order valence-electron chi connectivity index (χ2n) is 7.82. The first-order valence-corrected chi connectivity index (χ1v) is 10.5. The fourth-order valence-electron chi connectivity index (χ4n) is 4.18. The molecule has 31 heavy (non-hydrogen) atoms. The summed E-state index contributed by atoms with van der Waals surface area (Å²) in [5.41, 5.74) is 1.30. The highest BCUT2D eigenvalue weighted by atomic mass is 16.6. The lowest BCUT2D eigenvalue weighted by molar-refractivity contribution is -0.384. The molecule has 0 bridgehead atoms. The van der Waals surface area contributed by atoms with Gasteiger partial charge in [0.1, 0.15) is 16.9 Å². The molecule has 6 heteroatoms. The number of nitrogens with zero attached hydrogens (tertiary/aromatic N) is 1. The summed E-state index contributed by atoms with van der Waals surface area (Å²) in [6.07, 6.45) is 4.69. The van der Waals surface area contributed by atoms with E-state index in [0.29, 0.717) is 24.0 Å². The Balaban J connectivity index is 1.92. The first-order valence-electron chi connectivity index (χ1n) is 10.5. The lowest BCUT2D eigenvalue weighted by atomic mass is 9.82. The molecule has 0 fully saturated rings. The van der Waals surface area contributed by atoms with Crippen LogP contribution in [0.4, 0.5) is 5.69 Å². The molecule has 2 aromatic rings. The van der Waals surface area contributed by atoms with Crippen LogP contribution in [0.3, 0.4) is 0 Å². The largest absolute Gasteiger partial charge is 0.511 e. The molecule has 2 aromatic carbocycles. The molecule has 162 valence electrons. The molecule has 0 saturated carbocycles. The maximum absolute atomic E-state index is 13.1. The number of aliphatic hydroxyl groups excluding tert-OH is 1. The van der Waals surface area contributed by atoms with Gasteiger partial charge < -0.3 is 9.84 Å². The maximum atomic E-state index is 13.1. The predicted molar refractivity (Wildman–Crippen MR) is 120 cm³/mol. The molecule has 1 N–H and O–H groups in total. The number of hydrogen-bond donors (Lipinski definition) is 1. The molecule has 0 aromatic heterocycles. The number of ether oxygens (including phenoxy) is 1. The third kappa shape index (κ3) is 5.02. The van der Waals surface area contributed by atoms with Crippen molar-refractivity contribution in [2.75, 3.05) is 0 Å². The Kier molecular flexibility index (Phi) is 6.90. The highest BCUT2D eigenvalue weighted by molar-refractivity contribution is 6.07. The van der Waals surface area contributed by atoms with Gasteiger partial charge in [0.25, 0.3) is 5.69 Å². The normalized spacial score (nSPS) is 19.3. The third-order valence-electron chi connectivity index (χ3n) is 5.64. The molecule has 0 aliphatic carbocycles. The molecule has 0 radical (unpaired) electrons. The number of nitro groups is 1. The van der Waals surface area contributed by atoms with Crippen LogP contribution >= 0.6 is 0 Å². The van der Waals surface area contributed by atoms with Gasteiger partial charge in [-0.3, -0.25) is 10.1 Å². The summed E-state index contributed by atoms with van der Waals surface area (Å²) in [6, 6.07) is 16.0. The van der Waals surface area contributed by atoms with Crippen LogP contribution in [0.25, 0.3) is 5.57 Å². The van der Waals surface area contributed by atoms with Crippen molar-refractivity contribution >= 4 is 17.2 Å². The van der Waals surface area contributed by atoms with E-state index in [1.54, 1.807) is 25.1 Å². The van der Waals surface area contributed by atoms with Gasteiger partial charge in [0.15, 0.2) is 0 Å². The summed E-state index contributed by atoms with van der Waals surface area (Å²) in [5, 5.41) is 22.1. The van der Waals surface area contributed by atoms with E-state index in [1.807, 2.05) is 37.3 Å². The first-order chi connectivity index (χ1) is 14.9. The summed E-state index contributed by atoms with van der Waals surface area (Å²) in [6.45, 7) is 3.75. The topological polar surface area (TPSA) is 89.7 Å². The van der Waals surface area contributed by atoms with Gasteiger partial charge >= 0.3 is 5.97 Å². The van der Waals surface area contributed by atoms with E-state index in [4.69, 9.17) is 4.74 Å². The summed E-state index contributed by atoms with van der Waals surface area (Å²) in [4.78, 5) is 23.7. The van der Waals surface area contributed by atoms with E-state index in [0.717, 1.165) is 18.4 Å². The number of aliphatic hydroxyl groups is 1. The van der Waals surface area contributed by atoms with Crippen LogP contribution in [0.1, 0.15) is 50.7 Å². The number of aryl methyl sites for hydroxylation is 1. The fourth-order valence-corrected chi connectivity index (χ4v) is 4.18. The van der Waals surface area contributed by atoms with Crippen molar-refractivity contribution < 1.29 is 19.6 Å². The molecule has 3 rings (SSSR count). The number of benzene rings is 2. The number of rotatable bonds is 8. The van der Waals surface area contributed by atoms with Crippen LogP contribution in [0.15, 0.2) is 72.0 Å².